The second-order valence-electron chi connectivity index (χ2n) is 8.00. The molecule has 0 aliphatic heterocycles. The first-order valence-corrected chi connectivity index (χ1v) is 13.5. The summed E-state index contributed by atoms with van der Waals surface area (Å²) in [7, 11) is 0. The number of primary amides is 1. The number of halogens is 2. The minimum Gasteiger partial charge on any atom is -0.506 e. The van der Waals surface area contributed by atoms with Gasteiger partial charge in [0.15, 0.2) is 0 Å². The molecule has 0 radical (unpaired) electrons. The van der Waals surface area contributed by atoms with E-state index in [0.29, 0.717) is 47.1 Å². The first-order chi connectivity index (χ1) is 18.1. The van der Waals surface area contributed by atoms with Crippen molar-refractivity contribution in [1.29, 1.82) is 0 Å². The summed E-state index contributed by atoms with van der Waals surface area (Å²) >= 11 is 14.4. The van der Waals surface area contributed by atoms with Crippen LogP contribution in [0.5, 0.6) is 5.75 Å². The zero-order valence-corrected chi connectivity index (χ0v) is 22.9. The molecule has 194 valence electrons. The number of nitrogens with zero attached hydrogens (tertiary/aromatic N) is 1. The van der Waals surface area contributed by atoms with Crippen molar-refractivity contribution in [3.8, 4) is 16.2 Å². The average Bonchev–Trinajstić information content (AvgIpc) is 3.55. The second-order valence-corrected chi connectivity index (χ2v) is 10.8. The normalized spacial score (nSPS) is 11.3. The molecule has 12 heteroatoms. The molecule has 38 heavy (non-hydrogen) atoms. The summed E-state index contributed by atoms with van der Waals surface area (Å²) in [5.41, 5.74) is 10.4. The summed E-state index contributed by atoms with van der Waals surface area (Å²) in [6, 6.07) is 14.7. The largest absolute Gasteiger partial charge is 0.506 e. The molecule has 0 spiro atoms. The Morgan fingerprint density at radius 3 is 2.32 bits per heavy atom. The SMILES string of the molecule is C/C(=N\NC(=O)c1ccc(C(=O)NCc2ccc(C(N)=O)cc2)s1)c1csc(-c2ccc(Cl)c(Cl)c2)c1O. The molecule has 8 nitrogen and oxygen atoms in total. The third-order valence-corrected chi connectivity index (χ3v) is 8.25. The first kappa shape index (κ1) is 27.3. The van der Waals surface area contributed by atoms with Crippen LogP contribution in [0, 0.1) is 0 Å². The predicted molar refractivity (Wildman–Crippen MR) is 152 cm³/mol. The highest BCUT2D eigenvalue weighted by atomic mass is 35.5. The molecule has 0 fully saturated rings. The molecule has 3 amide bonds. The van der Waals surface area contributed by atoms with Gasteiger partial charge in [0, 0.05) is 17.5 Å². The van der Waals surface area contributed by atoms with Crippen molar-refractivity contribution in [1.82, 2.24) is 10.7 Å². The smallest absolute Gasteiger partial charge is 0.281 e. The van der Waals surface area contributed by atoms with E-state index < -0.39 is 11.8 Å². The molecular weight excluding hydrogens is 567 g/mol. The van der Waals surface area contributed by atoms with Gasteiger partial charge in [-0.3, -0.25) is 14.4 Å². The van der Waals surface area contributed by atoms with E-state index in [1.165, 1.54) is 17.4 Å². The number of rotatable bonds is 8. The van der Waals surface area contributed by atoms with Gasteiger partial charge in [-0.15, -0.1) is 22.7 Å². The molecule has 5 N–H and O–H groups in total. The average molecular weight is 588 g/mol. The number of nitrogens with one attached hydrogen (secondary N) is 2. The highest BCUT2D eigenvalue weighted by molar-refractivity contribution is 7.16. The van der Waals surface area contributed by atoms with E-state index in [9.17, 15) is 19.5 Å². The Morgan fingerprint density at radius 1 is 0.974 bits per heavy atom. The van der Waals surface area contributed by atoms with Crippen LogP contribution in [0.2, 0.25) is 10.0 Å². The van der Waals surface area contributed by atoms with Crippen molar-refractivity contribution in [2.75, 3.05) is 0 Å². The van der Waals surface area contributed by atoms with Crippen molar-refractivity contribution in [3.05, 3.63) is 96.5 Å². The van der Waals surface area contributed by atoms with E-state index in [1.54, 1.807) is 60.8 Å². The molecule has 0 aliphatic carbocycles. The Morgan fingerprint density at radius 2 is 1.66 bits per heavy atom. The fourth-order valence-electron chi connectivity index (χ4n) is 3.34. The van der Waals surface area contributed by atoms with Gasteiger partial charge < -0.3 is 16.2 Å². The summed E-state index contributed by atoms with van der Waals surface area (Å²) in [6.45, 7) is 1.90. The number of aromatic hydroxyl groups is 1. The maximum atomic E-state index is 12.6. The van der Waals surface area contributed by atoms with Crippen LogP contribution in [0.1, 0.15) is 47.8 Å². The lowest BCUT2D eigenvalue weighted by molar-refractivity contribution is 0.0950. The number of nitrogens with two attached hydrogens (primary N) is 1. The van der Waals surface area contributed by atoms with Crippen LogP contribution < -0.4 is 16.5 Å². The summed E-state index contributed by atoms with van der Waals surface area (Å²) in [4.78, 5) is 37.5. The number of carbonyl (C=O) groups is 3. The predicted octanol–water partition coefficient (Wildman–Crippen LogP) is 5.67. The molecule has 0 unspecified atom stereocenters. The van der Waals surface area contributed by atoms with Gasteiger partial charge in [0.05, 0.1) is 36.0 Å². The zero-order chi connectivity index (χ0) is 27.4. The van der Waals surface area contributed by atoms with E-state index in [0.717, 1.165) is 16.9 Å². The van der Waals surface area contributed by atoms with E-state index in [1.807, 2.05) is 0 Å². The standard InChI is InChI=1S/C26H20Cl2N4O4S2/c1-13(17-12-37-23(22(17)33)16-6-7-18(27)19(28)10-16)31-32-26(36)21-9-8-20(38-21)25(35)30-11-14-2-4-15(5-3-14)24(29)34/h2-10,12,33H,11H2,1H3,(H2,29,34)(H,30,35)(H,32,36)/b31-13+. The zero-order valence-electron chi connectivity index (χ0n) is 19.7. The second kappa shape index (κ2) is 11.8. The van der Waals surface area contributed by atoms with Crippen LogP contribution in [0.25, 0.3) is 10.4 Å². The minimum absolute atomic E-state index is 0.0169. The van der Waals surface area contributed by atoms with E-state index in [4.69, 9.17) is 28.9 Å². The van der Waals surface area contributed by atoms with Crippen LogP contribution in [0.4, 0.5) is 0 Å². The van der Waals surface area contributed by atoms with Gasteiger partial charge in [0.1, 0.15) is 5.75 Å². The molecule has 4 rings (SSSR count). The number of hydrazone groups is 1. The van der Waals surface area contributed by atoms with Crippen LogP contribution in [0.15, 0.2) is 65.1 Å². The number of amides is 3. The number of carbonyl (C=O) groups excluding carboxylic acids is 3. The minimum atomic E-state index is -0.523. The fraction of sp³-hybridized carbons (Fsp3) is 0.0769. The molecule has 2 heterocycles. The Hall–Kier alpha value is -3.70. The number of thiophene rings is 2. The molecule has 0 atom stereocenters. The van der Waals surface area contributed by atoms with Crippen molar-refractivity contribution in [2.45, 2.75) is 13.5 Å². The molecule has 0 aliphatic rings. The lowest BCUT2D eigenvalue weighted by Gasteiger charge is -2.05. The van der Waals surface area contributed by atoms with Gasteiger partial charge in [-0.2, -0.15) is 5.10 Å². The summed E-state index contributed by atoms with van der Waals surface area (Å²) in [6.07, 6.45) is 0. The molecule has 2 aromatic carbocycles. The van der Waals surface area contributed by atoms with Gasteiger partial charge >= 0.3 is 0 Å². The maximum Gasteiger partial charge on any atom is 0.281 e. The quantitative estimate of drug-likeness (QED) is 0.156. The molecule has 4 aromatic rings. The van der Waals surface area contributed by atoms with Crippen molar-refractivity contribution < 1.29 is 19.5 Å². The summed E-state index contributed by atoms with van der Waals surface area (Å²) in [5.74, 6) is -1.34. The Labute approximate surface area is 235 Å². The van der Waals surface area contributed by atoms with Crippen molar-refractivity contribution >= 4 is 69.3 Å². The van der Waals surface area contributed by atoms with E-state index in [-0.39, 0.29) is 18.2 Å². The van der Waals surface area contributed by atoms with Crippen LogP contribution >= 0.6 is 45.9 Å². The lowest BCUT2D eigenvalue weighted by atomic mass is 10.1. The molecule has 2 aromatic heterocycles. The highest BCUT2D eigenvalue weighted by Crippen LogP contribution is 2.40. The van der Waals surface area contributed by atoms with Gasteiger partial charge in [0.25, 0.3) is 11.8 Å². The Kier molecular flexibility index (Phi) is 8.48. The Balaban J connectivity index is 1.37. The van der Waals surface area contributed by atoms with Crippen molar-refractivity contribution in [2.24, 2.45) is 10.8 Å². The third kappa shape index (κ3) is 6.22. The van der Waals surface area contributed by atoms with E-state index >= 15 is 0 Å². The van der Waals surface area contributed by atoms with Crippen molar-refractivity contribution in [3.63, 3.8) is 0 Å². The van der Waals surface area contributed by atoms with Crippen LogP contribution in [-0.2, 0) is 6.54 Å². The fourth-order valence-corrected chi connectivity index (χ4v) is 5.45. The van der Waals surface area contributed by atoms with Gasteiger partial charge in [-0.25, -0.2) is 5.43 Å². The summed E-state index contributed by atoms with van der Waals surface area (Å²) < 4.78 is 0. The number of hydrogen-bond acceptors (Lipinski definition) is 7. The summed E-state index contributed by atoms with van der Waals surface area (Å²) in [5, 5.41) is 20.1. The van der Waals surface area contributed by atoms with Crippen LogP contribution in [-0.4, -0.2) is 28.5 Å². The topological polar surface area (TPSA) is 134 Å². The lowest BCUT2D eigenvalue weighted by Crippen LogP contribution is -2.22. The number of hydrogen-bond donors (Lipinski definition) is 4. The Bertz CT molecular complexity index is 1560. The van der Waals surface area contributed by atoms with Gasteiger partial charge in [-0.1, -0.05) is 41.4 Å². The molecule has 0 saturated carbocycles. The van der Waals surface area contributed by atoms with Crippen LogP contribution in [0.3, 0.4) is 0 Å². The molecular formula is C26H20Cl2N4O4S2. The van der Waals surface area contributed by atoms with E-state index in [2.05, 4.69) is 15.8 Å². The monoisotopic (exact) mass is 586 g/mol. The van der Waals surface area contributed by atoms with Gasteiger partial charge in [-0.05, 0) is 54.4 Å². The highest BCUT2D eigenvalue weighted by Gasteiger charge is 2.17. The maximum absolute atomic E-state index is 12.6. The first-order valence-electron chi connectivity index (χ1n) is 11.0. The van der Waals surface area contributed by atoms with Gasteiger partial charge in [0.2, 0.25) is 5.91 Å². The third-order valence-electron chi connectivity index (χ3n) is 5.41. The molecule has 0 bridgehead atoms. The number of benzene rings is 2. The molecule has 0 saturated heterocycles.